The molecule has 5 rings (SSSR count). The van der Waals surface area contributed by atoms with Gasteiger partial charge >= 0.3 is 0 Å². The number of nitrogens with zero attached hydrogens (tertiary/aromatic N) is 2. The van der Waals surface area contributed by atoms with Crippen molar-refractivity contribution in [2.75, 3.05) is 20.8 Å². The van der Waals surface area contributed by atoms with Crippen molar-refractivity contribution in [1.82, 2.24) is 15.2 Å². The molecule has 0 spiro atoms. The van der Waals surface area contributed by atoms with Crippen LogP contribution in [0.1, 0.15) is 51.1 Å². The summed E-state index contributed by atoms with van der Waals surface area (Å²) in [5, 5.41) is 5.89. The van der Waals surface area contributed by atoms with Crippen LogP contribution in [0.25, 0.3) is 0 Å². The first-order valence-electron chi connectivity index (χ1n) is 16.0. The van der Waals surface area contributed by atoms with E-state index in [1.54, 1.807) is 14.2 Å². The van der Waals surface area contributed by atoms with Crippen molar-refractivity contribution < 1.29 is 19.0 Å². The molecule has 0 saturated carbocycles. The summed E-state index contributed by atoms with van der Waals surface area (Å²) in [7, 11) is 3.30. The Morgan fingerprint density at radius 3 is 2.17 bits per heavy atom. The van der Waals surface area contributed by atoms with Crippen LogP contribution in [0.3, 0.4) is 0 Å². The molecule has 1 unspecified atom stereocenters. The molecular weight excluding hydrogens is 607 g/mol. The second-order valence-corrected chi connectivity index (χ2v) is 12.5. The van der Waals surface area contributed by atoms with Gasteiger partial charge in [-0.1, -0.05) is 78.9 Å². The van der Waals surface area contributed by atoms with Crippen molar-refractivity contribution >= 4 is 17.2 Å². The number of hydrogen-bond donors (Lipinski definition) is 1. The van der Waals surface area contributed by atoms with Gasteiger partial charge in [0.15, 0.2) is 11.5 Å². The first kappa shape index (κ1) is 33.7. The van der Waals surface area contributed by atoms with Gasteiger partial charge in [0.2, 0.25) is 0 Å². The molecule has 1 heterocycles. The van der Waals surface area contributed by atoms with E-state index in [2.05, 4.69) is 52.7 Å². The van der Waals surface area contributed by atoms with E-state index in [0.29, 0.717) is 24.6 Å². The molecule has 8 heteroatoms. The van der Waals surface area contributed by atoms with Crippen molar-refractivity contribution in [3.05, 3.63) is 141 Å². The first-order valence-corrected chi connectivity index (χ1v) is 16.8. The number of methoxy groups -OCH3 is 2. The van der Waals surface area contributed by atoms with Crippen LogP contribution in [0.2, 0.25) is 0 Å². The molecule has 1 aromatic heterocycles. The summed E-state index contributed by atoms with van der Waals surface area (Å²) in [6.45, 7) is 4.72. The Kier molecular flexibility index (Phi) is 12.4. The number of rotatable bonds is 17. The lowest BCUT2D eigenvalue weighted by Gasteiger charge is -2.22. The Bertz CT molecular complexity index is 1680. The molecule has 4 aromatic carbocycles. The van der Waals surface area contributed by atoms with E-state index in [9.17, 15) is 4.79 Å². The molecule has 47 heavy (non-hydrogen) atoms. The highest BCUT2D eigenvalue weighted by atomic mass is 32.1. The standard InChI is InChI=1S/C39H43N3O4S/c1-29(14-15-30-10-6-4-7-11-30)40-39(43)35-28-47-38(41-35)26-42(23-22-31-18-21-36(44-2)37(24-31)45-3)25-32-16-19-34(20-17-32)46-27-33-12-8-5-9-13-33/h4-13,16-21,24,28-29H,14-15,22-23,25-27H2,1-3H3,(H,40,43). The predicted octanol–water partition coefficient (Wildman–Crippen LogP) is 7.74. The van der Waals surface area contributed by atoms with Gasteiger partial charge in [0, 0.05) is 24.5 Å². The summed E-state index contributed by atoms with van der Waals surface area (Å²) in [5.41, 5.74) is 5.20. The SMILES string of the molecule is COc1ccc(CCN(Cc2ccc(OCc3ccccc3)cc2)Cc2nc(C(=O)NC(C)CCc3ccccc3)cs2)cc1OC. The monoisotopic (exact) mass is 649 g/mol. The minimum absolute atomic E-state index is 0.0467. The zero-order valence-electron chi connectivity index (χ0n) is 27.4. The van der Waals surface area contributed by atoms with Crippen molar-refractivity contribution in [3.63, 3.8) is 0 Å². The molecule has 7 nitrogen and oxygen atoms in total. The van der Waals surface area contributed by atoms with Crippen LogP contribution < -0.4 is 19.5 Å². The van der Waals surface area contributed by atoms with Gasteiger partial charge in [-0.3, -0.25) is 9.69 Å². The average Bonchev–Trinajstić information content (AvgIpc) is 3.59. The number of nitrogens with one attached hydrogen (secondary N) is 1. The van der Waals surface area contributed by atoms with Gasteiger partial charge in [0.05, 0.1) is 20.8 Å². The Morgan fingerprint density at radius 2 is 1.47 bits per heavy atom. The highest BCUT2D eigenvalue weighted by Gasteiger charge is 2.17. The number of hydrogen-bond acceptors (Lipinski definition) is 7. The van der Waals surface area contributed by atoms with Gasteiger partial charge in [-0.15, -0.1) is 11.3 Å². The third-order valence-corrected chi connectivity index (χ3v) is 8.81. The molecule has 0 radical (unpaired) electrons. The summed E-state index contributed by atoms with van der Waals surface area (Å²) >= 11 is 1.52. The van der Waals surface area contributed by atoms with E-state index in [1.807, 2.05) is 73.0 Å². The fraction of sp³-hybridized carbons (Fsp3) is 0.282. The van der Waals surface area contributed by atoms with Crippen molar-refractivity contribution in [1.29, 1.82) is 0 Å². The molecule has 0 aliphatic rings. The molecule has 1 N–H and O–H groups in total. The van der Waals surface area contributed by atoms with Crippen LogP contribution in [0.4, 0.5) is 0 Å². The molecule has 0 aliphatic carbocycles. The smallest absolute Gasteiger partial charge is 0.270 e. The fourth-order valence-corrected chi connectivity index (χ4v) is 6.12. The third kappa shape index (κ3) is 10.4. The summed E-state index contributed by atoms with van der Waals surface area (Å²) in [6, 6.07) is 34.9. The number of amides is 1. The van der Waals surface area contributed by atoms with Gasteiger partial charge in [-0.05, 0) is 72.7 Å². The number of aromatic nitrogens is 1. The van der Waals surface area contributed by atoms with Crippen molar-refractivity contribution in [2.45, 2.75) is 51.9 Å². The van der Waals surface area contributed by atoms with Crippen LogP contribution >= 0.6 is 11.3 Å². The maximum Gasteiger partial charge on any atom is 0.270 e. The maximum absolute atomic E-state index is 13.0. The predicted molar refractivity (Wildman–Crippen MR) is 188 cm³/mol. The molecule has 0 bridgehead atoms. The van der Waals surface area contributed by atoms with Gasteiger partial charge in [-0.25, -0.2) is 4.98 Å². The van der Waals surface area contributed by atoms with E-state index in [4.69, 9.17) is 19.2 Å². The topological polar surface area (TPSA) is 72.9 Å². The minimum atomic E-state index is -0.129. The minimum Gasteiger partial charge on any atom is -0.493 e. The lowest BCUT2D eigenvalue weighted by atomic mass is 10.1. The number of carbonyl (C=O) groups is 1. The molecule has 5 aromatic rings. The van der Waals surface area contributed by atoms with E-state index in [-0.39, 0.29) is 11.9 Å². The summed E-state index contributed by atoms with van der Waals surface area (Å²) in [5.74, 6) is 2.14. The Labute approximate surface area is 282 Å². The van der Waals surface area contributed by atoms with E-state index in [1.165, 1.54) is 22.5 Å². The summed E-state index contributed by atoms with van der Waals surface area (Å²) < 4.78 is 17.0. The van der Waals surface area contributed by atoms with Gasteiger partial charge in [0.25, 0.3) is 5.91 Å². The van der Waals surface area contributed by atoms with Crippen molar-refractivity contribution in [3.8, 4) is 17.2 Å². The third-order valence-electron chi connectivity index (χ3n) is 7.97. The molecule has 0 fully saturated rings. The first-order chi connectivity index (χ1) is 23.0. The fourth-order valence-electron chi connectivity index (χ4n) is 5.30. The van der Waals surface area contributed by atoms with Gasteiger partial charge in [-0.2, -0.15) is 0 Å². The van der Waals surface area contributed by atoms with E-state index >= 15 is 0 Å². The molecule has 0 saturated heterocycles. The van der Waals surface area contributed by atoms with Crippen LogP contribution in [0.5, 0.6) is 17.2 Å². The average molecular weight is 650 g/mol. The number of aryl methyl sites for hydroxylation is 1. The lowest BCUT2D eigenvalue weighted by Crippen LogP contribution is -2.33. The molecule has 1 atom stereocenters. The zero-order chi connectivity index (χ0) is 32.8. The number of carbonyl (C=O) groups excluding carboxylic acids is 1. The normalized spacial score (nSPS) is 11.7. The van der Waals surface area contributed by atoms with E-state index < -0.39 is 0 Å². The van der Waals surface area contributed by atoms with Crippen LogP contribution in [-0.2, 0) is 32.5 Å². The van der Waals surface area contributed by atoms with Crippen molar-refractivity contribution in [2.24, 2.45) is 0 Å². The Morgan fingerprint density at radius 1 is 0.787 bits per heavy atom. The lowest BCUT2D eigenvalue weighted by molar-refractivity contribution is 0.0933. The van der Waals surface area contributed by atoms with Crippen LogP contribution in [-0.4, -0.2) is 42.6 Å². The van der Waals surface area contributed by atoms with Gasteiger partial charge < -0.3 is 19.5 Å². The molecular formula is C39H43N3O4S. The quantitative estimate of drug-likeness (QED) is 0.111. The Hall–Kier alpha value is -4.66. The summed E-state index contributed by atoms with van der Waals surface area (Å²) in [6.07, 6.45) is 2.60. The highest BCUT2D eigenvalue weighted by molar-refractivity contribution is 7.09. The second-order valence-electron chi connectivity index (χ2n) is 11.6. The second kappa shape index (κ2) is 17.3. The largest absolute Gasteiger partial charge is 0.493 e. The van der Waals surface area contributed by atoms with Gasteiger partial charge in [0.1, 0.15) is 23.1 Å². The van der Waals surface area contributed by atoms with Crippen LogP contribution in [0, 0.1) is 0 Å². The van der Waals surface area contributed by atoms with Crippen LogP contribution in [0.15, 0.2) is 109 Å². The van der Waals surface area contributed by atoms with E-state index in [0.717, 1.165) is 60.0 Å². The molecule has 244 valence electrons. The molecule has 0 aliphatic heterocycles. The molecule has 1 amide bonds. The maximum atomic E-state index is 13.0. The Balaban J connectivity index is 1.22. The number of benzene rings is 4. The summed E-state index contributed by atoms with van der Waals surface area (Å²) in [4.78, 5) is 20.1. The number of thiazole rings is 1. The highest BCUT2D eigenvalue weighted by Crippen LogP contribution is 2.28. The number of ether oxygens (including phenoxy) is 3. The zero-order valence-corrected chi connectivity index (χ0v) is 28.2.